The Morgan fingerprint density at radius 2 is 1.50 bits per heavy atom. The molecule has 2 aliphatic heterocycles. The quantitative estimate of drug-likeness (QED) is 0.545. The minimum absolute atomic E-state index is 0.411. The summed E-state index contributed by atoms with van der Waals surface area (Å²) in [5, 5.41) is 11.6. The van der Waals surface area contributed by atoms with E-state index in [0.717, 1.165) is 21.3 Å². The van der Waals surface area contributed by atoms with Crippen molar-refractivity contribution in [2.24, 2.45) is 0 Å². The van der Waals surface area contributed by atoms with Gasteiger partial charge in [0.1, 0.15) is 6.10 Å². The van der Waals surface area contributed by atoms with Gasteiger partial charge in [-0.05, 0) is 35.4 Å². The molecule has 0 spiro atoms. The van der Waals surface area contributed by atoms with Gasteiger partial charge < -0.3 is 14.7 Å². The highest BCUT2D eigenvalue weighted by atomic mass is 79.9. The topological polar surface area (TPSA) is 49.8 Å². The molecule has 2 heterocycles. The fraction of sp³-hybridized carbons (Fsp3) is 0.0800. The highest BCUT2D eigenvalue weighted by Crippen LogP contribution is 2.48. The molecule has 0 saturated heterocycles. The van der Waals surface area contributed by atoms with Crippen LogP contribution < -0.4 is 4.90 Å². The first-order valence-corrected chi connectivity index (χ1v) is 10.4. The molecule has 2 atom stereocenters. The molecule has 0 aromatic heterocycles. The maximum absolute atomic E-state index is 12.3. The predicted molar refractivity (Wildman–Crippen MR) is 119 cm³/mol. The molecule has 0 amide bonds. The van der Waals surface area contributed by atoms with Crippen LogP contribution in [0.15, 0.2) is 107 Å². The van der Waals surface area contributed by atoms with Gasteiger partial charge in [-0.15, -0.1) is 0 Å². The van der Waals surface area contributed by atoms with Crippen molar-refractivity contribution in [1.82, 2.24) is 0 Å². The van der Waals surface area contributed by atoms with Gasteiger partial charge in [0, 0.05) is 15.7 Å². The van der Waals surface area contributed by atoms with E-state index < -0.39 is 18.1 Å². The first-order chi connectivity index (χ1) is 14.6. The lowest BCUT2D eigenvalue weighted by Gasteiger charge is -2.42. The van der Waals surface area contributed by atoms with E-state index in [4.69, 9.17) is 4.74 Å². The second-order valence-corrected chi connectivity index (χ2v) is 8.12. The molecule has 5 heteroatoms. The normalized spacial score (nSPS) is 20.7. The van der Waals surface area contributed by atoms with Crippen molar-refractivity contribution in [3.63, 3.8) is 0 Å². The van der Waals surface area contributed by atoms with Gasteiger partial charge in [0.25, 0.3) is 0 Å². The number of nitrogens with zero attached hydrogens (tertiary/aromatic N) is 1. The summed E-state index contributed by atoms with van der Waals surface area (Å²) in [6.45, 7) is 0. The number of carbonyl (C=O) groups is 1. The average molecular weight is 460 g/mol. The highest BCUT2D eigenvalue weighted by Gasteiger charge is 2.44. The van der Waals surface area contributed by atoms with E-state index in [1.165, 1.54) is 6.08 Å². The Labute approximate surface area is 182 Å². The van der Waals surface area contributed by atoms with Gasteiger partial charge in [-0.1, -0.05) is 76.6 Å². The first kappa shape index (κ1) is 18.9. The summed E-state index contributed by atoms with van der Waals surface area (Å²) in [6, 6.07) is 26.8. The number of aliphatic hydroxyl groups is 1. The lowest BCUT2D eigenvalue weighted by Crippen LogP contribution is -2.41. The monoisotopic (exact) mass is 459 g/mol. The Bertz CT molecular complexity index is 1150. The molecule has 0 unspecified atom stereocenters. The minimum Gasteiger partial charge on any atom is -0.421 e. The van der Waals surface area contributed by atoms with Gasteiger partial charge in [0.15, 0.2) is 5.76 Å². The summed E-state index contributed by atoms with van der Waals surface area (Å²) in [4.78, 5) is 14.3. The third-order valence-corrected chi connectivity index (χ3v) is 5.93. The Balaban J connectivity index is 1.77. The number of carbonyl (C=O) groups excluding carboxylic acids is 1. The van der Waals surface area contributed by atoms with Crippen LogP contribution in [0.3, 0.4) is 0 Å². The summed E-state index contributed by atoms with van der Waals surface area (Å²) < 4.78 is 6.55. The predicted octanol–water partition coefficient (Wildman–Crippen LogP) is 5.22. The average Bonchev–Trinajstić information content (AvgIpc) is 3.15. The Kier molecular flexibility index (Phi) is 4.77. The molecule has 3 aromatic rings. The zero-order chi connectivity index (χ0) is 20.7. The zero-order valence-corrected chi connectivity index (χ0v) is 17.5. The van der Waals surface area contributed by atoms with Crippen molar-refractivity contribution < 1.29 is 14.6 Å². The Hall–Kier alpha value is -3.15. The Morgan fingerprint density at radius 3 is 2.17 bits per heavy atom. The molecule has 4 nitrogen and oxygen atoms in total. The van der Waals surface area contributed by atoms with Crippen molar-refractivity contribution in [3.05, 3.63) is 118 Å². The number of fused-ring (bicyclic) bond motifs is 1. The minimum atomic E-state index is -0.906. The summed E-state index contributed by atoms with van der Waals surface area (Å²) in [7, 11) is 0. The van der Waals surface area contributed by atoms with Crippen LogP contribution in [0, 0.1) is 0 Å². The second-order valence-electron chi connectivity index (χ2n) is 7.21. The van der Waals surface area contributed by atoms with Crippen LogP contribution in [-0.2, 0) is 9.53 Å². The molecule has 148 valence electrons. The second kappa shape index (κ2) is 7.59. The molecular formula is C25H18BrNO3. The maximum Gasteiger partial charge on any atom is 0.338 e. The number of anilines is 1. The number of hydrogen-bond acceptors (Lipinski definition) is 4. The van der Waals surface area contributed by atoms with Crippen molar-refractivity contribution in [2.45, 2.75) is 12.1 Å². The standard InChI is InChI=1S/C25H18BrNO3/c26-18-11-13-19(14-12-18)27-20-15-21(28)30-25(20)22(16-7-3-1-4-8-16)24(29)23(27)17-9-5-2-6-10-17/h1-15,23-24,29H/t23-,24+/m0/s1. The molecule has 0 saturated carbocycles. The van der Waals surface area contributed by atoms with Crippen molar-refractivity contribution >= 4 is 33.2 Å². The van der Waals surface area contributed by atoms with E-state index in [-0.39, 0.29) is 0 Å². The van der Waals surface area contributed by atoms with Crippen molar-refractivity contribution in [1.29, 1.82) is 0 Å². The van der Waals surface area contributed by atoms with Gasteiger partial charge >= 0.3 is 5.97 Å². The summed E-state index contributed by atoms with van der Waals surface area (Å²) in [6.07, 6.45) is 0.596. The van der Waals surface area contributed by atoms with Gasteiger partial charge in [0.2, 0.25) is 0 Å². The molecule has 30 heavy (non-hydrogen) atoms. The number of aliphatic hydroxyl groups excluding tert-OH is 1. The highest BCUT2D eigenvalue weighted by molar-refractivity contribution is 9.10. The Morgan fingerprint density at radius 1 is 0.867 bits per heavy atom. The molecule has 0 fully saturated rings. The van der Waals surface area contributed by atoms with Crippen LogP contribution in [0.2, 0.25) is 0 Å². The molecule has 1 N–H and O–H groups in total. The van der Waals surface area contributed by atoms with Crippen LogP contribution in [0.1, 0.15) is 17.2 Å². The third-order valence-electron chi connectivity index (χ3n) is 5.40. The van der Waals surface area contributed by atoms with Crippen LogP contribution in [0.4, 0.5) is 5.69 Å². The molecular weight excluding hydrogens is 442 g/mol. The molecule has 0 bridgehead atoms. The fourth-order valence-electron chi connectivity index (χ4n) is 4.12. The summed E-state index contributed by atoms with van der Waals surface area (Å²) in [5.41, 5.74) is 3.91. The van der Waals surface area contributed by atoms with E-state index >= 15 is 0 Å². The first-order valence-electron chi connectivity index (χ1n) is 9.65. The number of halogens is 1. The lowest BCUT2D eigenvalue weighted by atomic mass is 9.85. The van der Waals surface area contributed by atoms with E-state index in [9.17, 15) is 9.90 Å². The molecule has 0 aliphatic carbocycles. The van der Waals surface area contributed by atoms with Crippen LogP contribution in [0.25, 0.3) is 5.57 Å². The van der Waals surface area contributed by atoms with Crippen molar-refractivity contribution in [2.75, 3.05) is 4.90 Å². The summed E-state index contributed by atoms with van der Waals surface area (Å²) >= 11 is 3.48. The molecule has 0 radical (unpaired) electrons. The van der Waals surface area contributed by atoms with E-state index in [2.05, 4.69) is 15.9 Å². The number of ether oxygens (including phenoxy) is 1. The van der Waals surface area contributed by atoms with Crippen LogP contribution in [0.5, 0.6) is 0 Å². The number of rotatable bonds is 3. The van der Waals surface area contributed by atoms with E-state index in [0.29, 0.717) is 17.0 Å². The van der Waals surface area contributed by atoms with E-state index in [1.807, 2.05) is 89.8 Å². The fourth-order valence-corrected chi connectivity index (χ4v) is 4.38. The van der Waals surface area contributed by atoms with Gasteiger partial charge in [-0.2, -0.15) is 0 Å². The number of hydrogen-bond donors (Lipinski definition) is 1. The van der Waals surface area contributed by atoms with Crippen LogP contribution >= 0.6 is 15.9 Å². The lowest BCUT2D eigenvalue weighted by molar-refractivity contribution is -0.132. The van der Waals surface area contributed by atoms with Gasteiger partial charge in [-0.25, -0.2) is 4.79 Å². The molecule has 2 aliphatic rings. The zero-order valence-electron chi connectivity index (χ0n) is 15.9. The summed E-state index contributed by atoms with van der Waals surface area (Å²) in [5.74, 6) is -0.0229. The molecule has 3 aromatic carbocycles. The molecule has 5 rings (SSSR count). The van der Waals surface area contributed by atoms with Gasteiger partial charge in [0.05, 0.1) is 17.8 Å². The van der Waals surface area contributed by atoms with Crippen LogP contribution in [-0.4, -0.2) is 17.2 Å². The van der Waals surface area contributed by atoms with E-state index in [1.54, 1.807) is 0 Å². The maximum atomic E-state index is 12.3. The number of esters is 1. The third kappa shape index (κ3) is 3.16. The van der Waals surface area contributed by atoms with Gasteiger partial charge in [-0.3, -0.25) is 0 Å². The SMILES string of the molecule is O=C1C=C2C(=C(c3ccccc3)[C@@H](O)[C@H](c3ccccc3)N2c2ccc(Br)cc2)O1. The van der Waals surface area contributed by atoms with Crippen molar-refractivity contribution in [3.8, 4) is 0 Å². The largest absolute Gasteiger partial charge is 0.421 e. The smallest absolute Gasteiger partial charge is 0.338 e. The number of benzene rings is 3.